The standard InChI is InChI=1S/C16H23FN2S/c1-2-3-12-6-8-19(9-7-12)11-13-4-5-14(17)10-15(13)16(18)20/h4-5,10,12H,2-3,6-9,11H2,1H3,(H2,18,20). The van der Waals surface area contributed by atoms with Gasteiger partial charge in [0.15, 0.2) is 0 Å². The van der Waals surface area contributed by atoms with E-state index >= 15 is 0 Å². The number of halogens is 1. The van der Waals surface area contributed by atoms with E-state index in [1.807, 2.05) is 6.07 Å². The van der Waals surface area contributed by atoms with Crippen LogP contribution in [0.3, 0.4) is 0 Å². The fourth-order valence-electron chi connectivity index (χ4n) is 3.00. The van der Waals surface area contributed by atoms with Gasteiger partial charge in [0.2, 0.25) is 0 Å². The molecule has 4 heteroatoms. The molecular formula is C16H23FN2S. The third-order valence-electron chi connectivity index (χ3n) is 4.14. The quantitative estimate of drug-likeness (QED) is 0.843. The highest BCUT2D eigenvalue weighted by molar-refractivity contribution is 7.80. The van der Waals surface area contributed by atoms with Crippen molar-refractivity contribution in [3.8, 4) is 0 Å². The summed E-state index contributed by atoms with van der Waals surface area (Å²) in [6.07, 6.45) is 5.13. The molecule has 1 saturated heterocycles. The SMILES string of the molecule is CCCC1CCN(Cc2ccc(F)cc2C(N)=S)CC1. The molecule has 1 heterocycles. The fourth-order valence-corrected chi connectivity index (χ4v) is 3.19. The van der Waals surface area contributed by atoms with Crippen molar-refractivity contribution in [2.24, 2.45) is 11.7 Å². The van der Waals surface area contributed by atoms with Crippen molar-refractivity contribution in [1.29, 1.82) is 0 Å². The smallest absolute Gasteiger partial charge is 0.123 e. The Morgan fingerprint density at radius 3 is 2.70 bits per heavy atom. The van der Waals surface area contributed by atoms with Crippen molar-refractivity contribution < 1.29 is 4.39 Å². The van der Waals surface area contributed by atoms with Gasteiger partial charge in [-0.2, -0.15) is 0 Å². The molecule has 2 rings (SSSR count). The molecule has 0 bridgehead atoms. The van der Waals surface area contributed by atoms with E-state index in [4.69, 9.17) is 18.0 Å². The first-order valence-corrected chi connectivity index (χ1v) is 7.81. The molecule has 0 aromatic heterocycles. The lowest BCUT2D eigenvalue weighted by molar-refractivity contribution is 0.171. The Morgan fingerprint density at radius 1 is 1.40 bits per heavy atom. The molecule has 1 fully saturated rings. The zero-order chi connectivity index (χ0) is 14.5. The Balaban J connectivity index is 1.99. The monoisotopic (exact) mass is 294 g/mol. The number of hydrogen-bond donors (Lipinski definition) is 1. The van der Waals surface area contributed by atoms with Crippen molar-refractivity contribution in [2.45, 2.75) is 39.2 Å². The third kappa shape index (κ3) is 4.00. The number of likely N-dealkylation sites (tertiary alicyclic amines) is 1. The van der Waals surface area contributed by atoms with Crippen LogP contribution in [0, 0.1) is 11.7 Å². The Bertz CT molecular complexity index is 468. The summed E-state index contributed by atoms with van der Waals surface area (Å²) in [6.45, 7) is 5.28. The highest BCUT2D eigenvalue weighted by Gasteiger charge is 2.19. The van der Waals surface area contributed by atoms with E-state index in [1.54, 1.807) is 0 Å². The van der Waals surface area contributed by atoms with Crippen molar-refractivity contribution in [2.75, 3.05) is 13.1 Å². The van der Waals surface area contributed by atoms with Crippen molar-refractivity contribution in [1.82, 2.24) is 4.90 Å². The highest BCUT2D eigenvalue weighted by atomic mass is 32.1. The van der Waals surface area contributed by atoms with E-state index in [-0.39, 0.29) is 10.8 Å². The molecule has 0 spiro atoms. The van der Waals surface area contributed by atoms with Gasteiger partial charge >= 0.3 is 0 Å². The van der Waals surface area contributed by atoms with Gasteiger partial charge in [-0.1, -0.05) is 38.0 Å². The van der Waals surface area contributed by atoms with E-state index in [9.17, 15) is 4.39 Å². The maximum absolute atomic E-state index is 13.3. The predicted octanol–water partition coefficient (Wildman–Crippen LogP) is 3.47. The van der Waals surface area contributed by atoms with Gasteiger partial charge in [-0.05, 0) is 49.5 Å². The van der Waals surface area contributed by atoms with Crippen LogP contribution >= 0.6 is 12.2 Å². The summed E-state index contributed by atoms with van der Waals surface area (Å²) in [5.74, 6) is 0.595. The van der Waals surface area contributed by atoms with Crippen LogP contribution in [-0.2, 0) is 6.54 Å². The average Bonchev–Trinajstić information content (AvgIpc) is 2.43. The summed E-state index contributed by atoms with van der Waals surface area (Å²) < 4.78 is 13.3. The lowest BCUT2D eigenvalue weighted by atomic mass is 9.92. The van der Waals surface area contributed by atoms with Crippen LogP contribution in [0.4, 0.5) is 4.39 Å². The van der Waals surface area contributed by atoms with Gasteiger partial charge in [-0.25, -0.2) is 4.39 Å². The molecule has 2 nitrogen and oxygen atoms in total. The molecule has 1 aliphatic rings. The summed E-state index contributed by atoms with van der Waals surface area (Å²) in [7, 11) is 0. The number of nitrogens with zero attached hydrogens (tertiary/aromatic N) is 1. The molecular weight excluding hydrogens is 271 g/mol. The summed E-state index contributed by atoms with van der Waals surface area (Å²) in [5, 5.41) is 0. The van der Waals surface area contributed by atoms with Gasteiger partial charge < -0.3 is 5.73 Å². The van der Waals surface area contributed by atoms with Crippen LogP contribution in [-0.4, -0.2) is 23.0 Å². The number of thiocarbonyl (C=S) groups is 1. The third-order valence-corrected chi connectivity index (χ3v) is 4.36. The van der Waals surface area contributed by atoms with E-state index in [0.29, 0.717) is 5.56 Å². The summed E-state index contributed by atoms with van der Waals surface area (Å²) >= 11 is 5.02. The van der Waals surface area contributed by atoms with Gasteiger partial charge in [0.1, 0.15) is 10.8 Å². The van der Waals surface area contributed by atoms with Gasteiger partial charge in [0.05, 0.1) is 0 Å². The molecule has 1 aromatic rings. The topological polar surface area (TPSA) is 29.3 Å². The number of hydrogen-bond acceptors (Lipinski definition) is 2. The first-order chi connectivity index (χ1) is 9.60. The number of nitrogens with two attached hydrogens (primary N) is 1. The maximum atomic E-state index is 13.3. The Morgan fingerprint density at radius 2 is 2.10 bits per heavy atom. The number of benzene rings is 1. The van der Waals surface area contributed by atoms with E-state index < -0.39 is 0 Å². The predicted molar refractivity (Wildman–Crippen MR) is 85.2 cm³/mol. The minimum atomic E-state index is -0.279. The first kappa shape index (κ1) is 15.4. The fraction of sp³-hybridized carbons (Fsp3) is 0.562. The van der Waals surface area contributed by atoms with Crippen molar-refractivity contribution >= 4 is 17.2 Å². The summed E-state index contributed by atoms with van der Waals surface area (Å²) in [6, 6.07) is 4.74. The molecule has 20 heavy (non-hydrogen) atoms. The lowest BCUT2D eigenvalue weighted by Crippen LogP contribution is -2.33. The molecule has 0 saturated carbocycles. The molecule has 2 N–H and O–H groups in total. The normalized spacial score (nSPS) is 17.3. The first-order valence-electron chi connectivity index (χ1n) is 7.40. The van der Waals surface area contributed by atoms with Gasteiger partial charge in [-0.15, -0.1) is 0 Å². The summed E-state index contributed by atoms with van der Waals surface area (Å²) in [5.41, 5.74) is 7.41. The maximum Gasteiger partial charge on any atom is 0.123 e. The lowest BCUT2D eigenvalue weighted by Gasteiger charge is -2.32. The zero-order valence-corrected chi connectivity index (χ0v) is 12.9. The molecule has 0 amide bonds. The molecule has 0 radical (unpaired) electrons. The van der Waals surface area contributed by atoms with Gasteiger partial charge in [0.25, 0.3) is 0 Å². The van der Waals surface area contributed by atoms with Crippen molar-refractivity contribution in [3.05, 3.63) is 35.1 Å². The van der Waals surface area contributed by atoms with Crippen LogP contribution in [0.2, 0.25) is 0 Å². The zero-order valence-electron chi connectivity index (χ0n) is 12.1. The minimum Gasteiger partial charge on any atom is -0.389 e. The molecule has 0 atom stereocenters. The van der Waals surface area contributed by atoms with Crippen LogP contribution in [0.25, 0.3) is 0 Å². The van der Waals surface area contributed by atoms with Gasteiger partial charge in [-0.3, -0.25) is 4.90 Å². The Hall–Kier alpha value is -1.00. The Labute approximate surface area is 126 Å². The van der Waals surface area contributed by atoms with Crippen LogP contribution < -0.4 is 5.73 Å². The second-order valence-corrected chi connectivity index (χ2v) is 6.11. The molecule has 110 valence electrons. The largest absolute Gasteiger partial charge is 0.389 e. The van der Waals surface area contributed by atoms with Crippen LogP contribution in [0.1, 0.15) is 43.7 Å². The van der Waals surface area contributed by atoms with E-state index in [2.05, 4.69) is 11.8 Å². The van der Waals surface area contributed by atoms with Crippen LogP contribution in [0.15, 0.2) is 18.2 Å². The van der Waals surface area contributed by atoms with Crippen molar-refractivity contribution in [3.63, 3.8) is 0 Å². The van der Waals surface area contributed by atoms with Crippen LogP contribution in [0.5, 0.6) is 0 Å². The summed E-state index contributed by atoms with van der Waals surface area (Å²) in [4.78, 5) is 2.70. The van der Waals surface area contributed by atoms with E-state index in [0.717, 1.165) is 31.1 Å². The second kappa shape index (κ2) is 7.14. The van der Waals surface area contributed by atoms with Gasteiger partial charge in [0, 0.05) is 12.1 Å². The average molecular weight is 294 g/mol. The number of piperidine rings is 1. The van der Waals surface area contributed by atoms with E-state index in [1.165, 1.54) is 37.8 Å². The second-order valence-electron chi connectivity index (χ2n) is 5.67. The Kier molecular flexibility index (Phi) is 5.49. The molecule has 0 unspecified atom stereocenters. The minimum absolute atomic E-state index is 0.278. The number of rotatable bonds is 5. The molecule has 0 aliphatic carbocycles. The molecule has 1 aromatic carbocycles. The highest BCUT2D eigenvalue weighted by Crippen LogP contribution is 2.23. The molecule has 1 aliphatic heterocycles.